The number of methoxy groups -OCH3 is 1. The van der Waals surface area contributed by atoms with Crippen LogP contribution >= 0.6 is 0 Å². The van der Waals surface area contributed by atoms with Gasteiger partial charge in [-0.2, -0.15) is 0 Å². The van der Waals surface area contributed by atoms with Crippen molar-refractivity contribution in [3.8, 4) is 0 Å². The Balaban J connectivity index is 2.99. The molecule has 1 aromatic rings. The predicted molar refractivity (Wildman–Crippen MR) is 97.9 cm³/mol. The minimum atomic E-state index is -1.82. The normalized spacial score (nSPS) is 13.5. The Morgan fingerprint density at radius 1 is 1.30 bits per heavy atom. The number of benzene rings is 1. The van der Waals surface area contributed by atoms with Gasteiger partial charge in [-0.15, -0.1) is 6.58 Å². The molecule has 23 heavy (non-hydrogen) atoms. The van der Waals surface area contributed by atoms with Gasteiger partial charge in [-0.3, -0.25) is 0 Å². The molecule has 0 fully saturated rings. The van der Waals surface area contributed by atoms with Gasteiger partial charge < -0.3 is 9.47 Å². The van der Waals surface area contributed by atoms with Crippen LogP contribution in [0, 0.1) is 0 Å². The Bertz CT molecular complexity index is 535. The first kappa shape index (κ1) is 19.4. The van der Waals surface area contributed by atoms with Crippen molar-refractivity contribution in [2.24, 2.45) is 0 Å². The lowest BCUT2D eigenvalue weighted by Gasteiger charge is -2.31. The monoisotopic (exact) mass is 332 g/mol. The summed E-state index contributed by atoms with van der Waals surface area (Å²) in [6.07, 6.45) is 4.32. The molecule has 1 atom stereocenters. The summed E-state index contributed by atoms with van der Waals surface area (Å²) in [5.41, 5.74) is 1.13. The molecule has 1 rings (SSSR count). The summed E-state index contributed by atoms with van der Waals surface area (Å²) in [7, 11) is -0.410. The second kappa shape index (κ2) is 9.48. The Kier molecular flexibility index (Phi) is 7.99. The number of allylic oxidation sites excluding steroid dienone is 1. The van der Waals surface area contributed by atoms with Crippen molar-refractivity contribution >= 4 is 14.0 Å². The van der Waals surface area contributed by atoms with Crippen LogP contribution in [-0.4, -0.2) is 27.3 Å². The topological polar surface area (TPSA) is 35.5 Å². The van der Waals surface area contributed by atoms with Crippen molar-refractivity contribution in [1.29, 1.82) is 0 Å². The fourth-order valence-corrected chi connectivity index (χ4v) is 5.21. The highest BCUT2D eigenvalue weighted by Gasteiger charge is 2.31. The maximum Gasteiger partial charge on any atom is 0.330 e. The smallest absolute Gasteiger partial charge is 0.330 e. The highest BCUT2D eigenvalue weighted by Crippen LogP contribution is 2.27. The number of rotatable bonds is 9. The van der Waals surface area contributed by atoms with Gasteiger partial charge in [-0.25, -0.2) is 4.79 Å². The fourth-order valence-electron chi connectivity index (χ4n) is 2.59. The van der Waals surface area contributed by atoms with E-state index in [1.807, 2.05) is 36.4 Å². The molecule has 0 aliphatic carbocycles. The van der Waals surface area contributed by atoms with Crippen LogP contribution in [0.4, 0.5) is 0 Å². The zero-order chi connectivity index (χ0) is 17.3. The van der Waals surface area contributed by atoms with Gasteiger partial charge in [-0.05, 0) is 23.2 Å². The number of carbonyl (C=O) groups is 1. The summed E-state index contributed by atoms with van der Waals surface area (Å²) < 4.78 is 11.0. The summed E-state index contributed by atoms with van der Waals surface area (Å²) in [5.74, 6) is -0.314. The van der Waals surface area contributed by atoms with Gasteiger partial charge in [0.25, 0.3) is 0 Å². The van der Waals surface area contributed by atoms with Crippen molar-refractivity contribution in [2.75, 3.05) is 7.11 Å². The van der Waals surface area contributed by atoms with Crippen LogP contribution in [0.25, 0.3) is 0 Å². The molecule has 0 aromatic heterocycles. The van der Waals surface area contributed by atoms with Gasteiger partial charge in [0.15, 0.2) is 0 Å². The molecule has 1 aromatic carbocycles. The standard InChI is InChI=1S/C19H28O3Si/c1-6-13-23(4,5)18(14-19(20)21-3)17(7-2)22-15-16-11-9-8-10-12-16/h6,8-12,14,17H,1,7,13,15H2,2-5H3/b18-14-. The van der Waals surface area contributed by atoms with Crippen LogP contribution in [0.2, 0.25) is 19.1 Å². The summed E-state index contributed by atoms with van der Waals surface area (Å²) in [6, 6.07) is 11.0. The highest BCUT2D eigenvalue weighted by atomic mass is 28.3. The Labute approximate surface area is 141 Å². The third-order valence-corrected chi connectivity index (χ3v) is 7.26. The molecule has 4 heteroatoms. The minimum absolute atomic E-state index is 0.0732. The van der Waals surface area contributed by atoms with E-state index in [1.165, 1.54) is 7.11 Å². The summed E-state index contributed by atoms with van der Waals surface area (Å²) in [5, 5.41) is 1.09. The van der Waals surface area contributed by atoms with E-state index in [2.05, 4.69) is 26.6 Å². The molecule has 0 aliphatic heterocycles. The van der Waals surface area contributed by atoms with Crippen molar-refractivity contribution < 1.29 is 14.3 Å². The van der Waals surface area contributed by atoms with E-state index in [4.69, 9.17) is 9.47 Å². The van der Waals surface area contributed by atoms with Crippen molar-refractivity contribution in [1.82, 2.24) is 0 Å². The van der Waals surface area contributed by atoms with Crippen LogP contribution in [-0.2, 0) is 20.9 Å². The molecule has 0 heterocycles. The summed E-state index contributed by atoms with van der Waals surface area (Å²) in [6.45, 7) is 10.9. The molecule has 0 aliphatic rings. The summed E-state index contributed by atoms with van der Waals surface area (Å²) >= 11 is 0. The lowest BCUT2D eigenvalue weighted by Crippen LogP contribution is -2.37. The van der Waals surface area contributed by atoms with Crippen LogP contribution in [0.3, 0.4) is 0 Å². The van der Waals surface area contributed by atoms with Gasteiger partial charge in [0, 0.05) is 6.08 Å². The molecule has 0 saturated heterocycles. The second-order valence-electron chi connectivity index (χ2n) is 6.19. The predicted octanol–water partition coefficient (Wildman–Crippen LogP) is 4.51. The van der Waals surface area contributed by atoms with Gasteiger partial charge >= 0.3 is 5.97 Å². The first-order chi connectivity index (χ1) is 10.9. The van der Waals surface area contributed by atoms with Gasteiger partial charge in [0.05, 0.1) is 27.9 Å². The molecular weight excluding hydrogens is 304 g/mol. The molecular formula is C19H28O3Si. The second-order valence-corrected chi connectivity index (χ2v) is 10.9. The van der Waals surface area contributed by atoms with E-state index >= 15 is 0 Å². The van der Waals surface area contributed by atoms with E-state index < -0.39 is 8.07 Å². The molecule has 1 unspecified atom stereocenters. The Hall–Kier alpha value is -1.65. The number of hydrogen-bond donors (Lipinski definition) is 0. The van der Waals surface area contributed by atoms with E-state index in [1.54, 1.807) is 6.08 Å². The molecule has 0 bridgehead atoms. The van der Waals surface area contributed by atoms with Crippen LogP contribution < -0.4 is 0 Å². The van der Waals surface area contributed by atoms with Gasteiger partial charge in [-0.1, -0.05) is 56.4 Å². The number of hydrogen-bond acceptors (Lipinski definition) is 3. The largest absolute Gasteiger partial charge is 0.466 e. The Morgan fingerprint density at radius 3 is 2.48 bits per heavy atom. The molecule has 3 nitrogen and oxygen atoms in total. The average molecular weight is 333 g/mol. The highest BCUT2D eigenvalue weighted by molar-refractivity contribution is 6.85. The first-order valence-corrected chi connectivity index (χ1v) is 11.2. The van der Waals surface area contributed by atoms with E-state index in [0.29, 0.717) is 6.61 Å². The lowest BCUT2D eigenvalue weighted by atomic mass is 10.2. The van der Waals surface area contributed by atoms with Crippen molar-refractivity contribution in [2.45, 2.75) is 45.2 Å². The van der Waals surface area contributed by atoms with E-state index in [9.17, 15) is 4.79 Å². The zero-order valence-electron chi connectivity index (χ0n) is 14.7. The molecule has 126 valence electrons. The maximum atomic E-state index is 11.8. The number of esters is 1. The van der Waals surface area contributed by atoms with Crippen molar-refractivity contribution in [3.05, 3.63) is 59.8 Å². The summed E-state index contributed by atoms with van der Waals surface area (Å²) in [4.78, 5) is 11.8. The Morgan fingerprint density at radius 2 is 1.96 bits per heavy atom. The minimum Gasteiger partial charge on any atom is -0.466 e. The molecule has 0 radical (unpaired) electrons. The maximum absolute atomic E-state index is 11.8. The first-order valence-electron chi connectivity index (χ1n) is 8.01. The van der Waals surface area contributed by atoms with E-state index in [-0.39, 0.29) is 12.1 Å². The fraction of sp³-hybridized carbons (Fsp3) is 0.421. The van der Waals surface area contributed by atoms with E-state index in [0.717, 1.165) is 23.2 Å². The van der Waals surface area contributed by atoms with Crippen LogP contribution in [0.5, 0.6) is 0 Å². The van der Waals surface area contributed by atoms with Crippen LogP contribution in [0.1, 0.15) is 18.9 Å². The molecule has 0 spiro atoms. The third-order valence-electron chi connectivity index (χ3n) is 3.92. The number of carbonyl (C=O) groups excluding carboxylic acids is 1. The number of ether oxygens (including phenoxy) is 2. The molecule has 0 N–H and O–H groups in total. The third kappa shape index (κ3) is 6.16. The molecule has 0 saturated carbocycles. The van der Waals surface area contributed by atoms with Gasteiger partial charge in [0.2, 0.25) is 0 Å². The lowest BCUT2D eigenvalue weighted by molar-refractivity contribution is -0.134. The SMILES string of the molecule is C=CC[Si](C)(C)/C(=C\C(=O)OC)C(CC)OCc1ccccc1. The van der Waals surface area contributed by atoms with Crippen molar-refractivity contribution in [3.63, 3.8) is 0 Å². The average Bonchev–Trinajstić information content (AvgIpc) is 2.54. The zero-order valence-corrected chi connectivity index (χ0v) is 15.7. The quantitative estimate of drug-likeness (QED) is 0.289. The van der Waals surface area contributed by atoms with Gasteiger partial charge in [0.1, 0.15) is 0 Å². The van der Waals surface area contributed by atoms with Crippen LogP contribution in [0.15, 0.2) is 54.3 Å². The molecule has 0 amide bonds.